The van der Waals surface area contributed by atoms with Crippen molar-refractivity contribution in [3.05, 3.63) is 106 Å². The van der Waals surface area contributed by atoms with E-state index in [1.165, 1.54) is 24.8 Å². The molecule has 0 saturated carbocycles. The normalized spacial score (nSPS) is 16.4. The molecule has 1 saturated heterocycles. The number of piperidine rings is 1. The number of pyridine rings is 1. The van der Waals surface area contributed by atoms with E-state index in [2.05, 4.69) is 46.9 Å². The number of anilines is 2. The number of benzene rings is 2. The molecule has 2 aliphatic heterocycles. The summed E-state index contributed by atoms with van der Waals surface area (Å²) in [5.74, 6) is -0.260. The molecule has 0 radical (unpaired) electrons. The zero-order chi connectivity index (χ0) is 28.1. The summed E-state index contributed by atoms with van der Waals surface area (Å²) < 4.78 is 0. The van der Waals surface area contributed by atoms with Crippen LogP contribution in [0.25, 0.3) is 5.57 Å². The second-order valence-corrected chi connectivity index (χ2v) is 11.2. The molecule has 7 heteroatoms. The first kappa shape index (κ1) is 27.9. The van der Waals surface area contributed by atoms with Gasteiger partial charge in [0.2, 0.25) is 0 Å². The highest BCUT2D eigenvalue weighted by Gasteiger charge is 2.25. The minimum Gasteiger partial charge on any atom is -0.322 e. The van der Waals surface area contributed by atoms with Crippen LogP contribution in [0.3, 0.4) is 0 Å². The van der Waals surface area contributed by atoms with E-state index in [1.807, 2.05) is 36.1 Å². The van der Waals surface area contributed by atoms with Crippen LogP contribution >= 0.6 is 12.6 Å². The Kier molecular flexibility index (Phi) is 8.82. The number of fused-ring (bicyclic) bond motifs is 1. The third kappa shape index (κ3) is 6.37. The Hall–Kier alpha value is -3.68. The highest BCUT2D eigenvalue weighted by Crippen LogP contribution is 2.35. The van der Waals surface area contributed by atoms with Crippen LogP contribution in [0.2, 0.25) is 0 Å². The fourth-order valence-corrected chi connectivity index (χ4v) is 5.69. The Morgan fingerprint density at radius 3 is 2.48 bits per heavy atom. The summed E-state index contributed by atoms with van der Waals surface area (Å²) in [7, 11) is 0. The van der Waals surface area contributed by atoms with E-state index in [0.717, 1.165) is 46.9 Å². The van der Waals surface area contributed by atoms with E-state index in [-0.39, 0.29) is 11.8 Å². The van der Waals surface area contributed by atoms with Crippen molar-refractivity contribution in [1.82, 2.24) is 9.88 Å². The van der Waals surface area contributed by atoms with Gasteiger partial charge < -0.3 is 10.2 Å². The van der Waals surface area contributed by atoms with Crippen LogP contribution < -0.4 is 10.2 Å². The van der Waals surface area contributed by atoms with Crippen LogP contribution in [0.1, 0.15) is 71.5 Å². The van der Waals surface area contributed by atoms with E-state index >= 15 is 0 Å². The first-order chi connectivity index (χ1) is 19.4. The lowest BCUT2D eigenvalue weighted by Gasteiger charge is -2.26. The molecule has 206 valence electrons. The van der Waals surface area contributed by atoms with Crippen molar-refractivity contribution in [3.63, 3.8) is 0 Å². The number of para-hydroxylation sites is 1. The van der Waals surface area contributed by atoms with Gasteiger partial charge in [-0.1, -0.05) is 24.6 Å². The maximum Gasteiger partial charge on any atom is 0.258 e. The summed E-state index contributed by atoms with van der Waals surface area (Å²) >= 11 is 4.48. The van der Waals surface area contributed by atoms with E-state index < -0.39 is 0 Å². The number of allylic oxidation sites excluding steroid dienone is 3. The minimum absolute atomic E-state index is 0.0676. The lowest BCUT2D eigenvalue weighted by atomic mass is 9.99. The average Bonchev–Trinajstić information content (AvgIpc) is 3.10. The molecule has 6 nitrogen and oxygen atoms in total. The number of likely N-dealkylation sites (tertiary alicyclic amines) is 1. The van der Waals surface area contributed by atoms with E-state index in [0.29, 0.717) is 29.9 Å². The van der Waals surface area contributed by atoms with Gasteiger partial charge >= 0.3 is 0 Å². The molecule has 2 aliphatic rings. The summed E-state index contributed by atoms with van der Waals surface area (Å²) in [6, 6.07) is 18.8. The molecular formula is C33H36N4O2S. The summed E-state index contributed by atoms with van der Waals surface area (Å²) in [4.78, 5) is 36.6. The van der Waals surface area contributed by atoms with Crippen molar-refractivity contribution in [2.24, 2.45) is 0 Å². The first-order valence-corrected chi connectivity index (χ1v) is 14.4. The maximum absolute atomic E-state index is 13.7. The molecule has 0 aliphatic carbocycles. The van der Waals surface area contributed by atoms with Crippen LogP contribution in [0, 0.1) is 0 Å². The third-order valence-electron chi connectivity index (χ3n) is 7.66. The fourth-order valence-electron chi connectivity index (χ4n) is 5.53. The SMILES string of the molecule is CC1=C(/C=C(/C)S)CCN(C(=O)c2ccc(NC(=O)c3cccnc3CN3CCCCC3)cc2)c2ccccc21. The highest BCUT2D eigenvalue weighted by molar-refractivity contribution is 7.84. The van der Waals surface area contributed by atoms with Gasteiger partial charge in [0.1, 0.15) is 0 Å². The first-order valence-electron chi connectivity index (χ1n) is 14.0. The van der Waals surface area contributed by atoms with Crippen LogP contribution in [0.4, 0.5) is 11.4 Å². The van der Waals surface area contributed by atoms with Gasteiger partial charge in [-0.3, -0.25) is 19.5 Å². The zero-order valence-corrected chi connectivity index (χ0v) is 24.1. The lowest BCUT2D eigenvalue weighted by molar-refractivity contribution is 0.0986. The molecule has 1 aromatic heterocycles. The largest absolute Gasteiger partial charge is 0.322 e. The third-order valence-corrected chi connectivity index (χ3v) is 7.79. The molecule has 0 unspecified atom stereocenters. The molecule has 5 rings (SSSR count). The number of carbonyl (C=O) groups is 2. The molecule has 0 atom stereocenters. The molecule has 3 aromatic rings. The summed E-state index contributed by atoms with van der Waals surface area (Å²) in [6.07, 6.45) is 8.20. The van der Waals surface area contributed by atoms with Crippen LogP contribution in [0.5, 0.6) is 0 Å². The Balaban J connectivity index is 1.31. The lowest BCUT2D eigenvalue weighted by Crippen LogP contribution is -2.32. The van der Waals surface area contributed by atoms with Gasteiger partial charge in [0.25, 0.3) is 11.8 Å². The Morgan fingerprint density at radius 1 is 0.975 bits per heavy atom. The van der Waals surface area contributed by atoms with Gasteiger partial charge in [-0.25, -0.2) is 0 Å². The van der Waals surface area contributed by atoms with Crippen molar-refractivity contribution < 1.29 is 9.59 Å². The van der Waals surface area contributed by atoms with Gasteiger partial charge in [-0.05, 0) is 111 Å². The quantitative estimate of drug-likeness (QED) is 0.324. The Bertz CT molecular complexity index is 1450. The number of carbonyl (C=O) groups excluding carboxylic acids is 2. The predicted octanol–water partition coefficient (Wildman–Crippen LogP) is 6.98. The van der Waals surface area contributed by atoms with Crippen LogP contribution in [-0.4, -0.2) is 41.3 Å². The second-order valence-electron chi connectivity index (χ2n) is 10.5. The molecule has 0 spiro atoms. The van der Waals surface area contributed by atoms with Crippen LogP contribution in [0.15, 0.2) is 83.4 Å². The van der Waals surface area contributed by atoms with Gasteiger partial charge in [0, 0.05) is 36.1 Å². The summed E-state index contributed by atoms with van der Waals surface area (Å²) in [6.45, 7) is 7.39. The van der Waals surface area contributed by atoms with Gasteiger partial charge in [0.15, 0.2) is 0 Å². The van der Waals surface area contributed by atoms with Crippen molar-refractivity contribution >= 4 is 41.4 Å². The topological polar surface area (TPSA) is 65.5 Å². The number of nitrogens with zero attached hydrogens (tertiary/aromatic N) is 3. The number of nitrogens with one attached hydrogen (secondary N) is 1. The van der Waals surface area contributed by atoms with E-state index in [4.69, 9.17) is 0 Å². The van der Waals surface area contributed by atoms with Crippen molar-refractivity contribution in [2.45, 2.75) is 46.1 Å². The number of rotatable bonds is 6. The molecule has 2 aromatic carbocycles. The van der Waals surface area contributed by atoms with Gasteiger partial charge in [0.05, 0.1) is 16.9 Å². The Morgan fingerprint density at radius 2 is 1.73 bits per heavy atom. The van der Waals surface area contributed by atoms with E-state index in [1.54, 1.807) is 36.5 Å². The molecule has 1 fully saturated rings. The van der Waals surface area contributed by atoms with Crippen molar-refractivity contribution in [1.29, 1.82) is 0 Å². The van der Waals surface area contributed by atoms with Gasteiger partial charge in [-0.15, -0.1) is 12.6 Å². The minimum atomic E-state index is -0.192. The predicted molar refractivity (Wildman–Crippen MR) is 166 cm³/mol. The molecule has 0 bridgehead atoms. The summed E-state index contributed by atoms with van der Waals surface area (Å²) in [5.41, 5.74) is 6.88. The van der Waals surface area contributed by atoms with Crippen LogP contribution in [-0.2, 0) is 6.54 Å². The zero-order valence-electron chi connectivity index (χ0n) is 23.2. The monoisotopic (exact) mass is 552 g/mol. The number of thiol groups is 1. The maximum atomic E-state index is 13.7. The molecular weight excluding hydrogens is 516 g/mol. The molecule has 1 N–H and O–H groups in total. The molecule has 40 heavy (non-hydrogen) atoms. The molecule has 3 heterocycles. The highest BCUT2D eigenvalue weighted by atomic mass is 32.1. The number of hydrogen-bond acceptors (Lipinski definition) is 5. The Labute approximate surface area is 242 Å². The number of aromatic nitrogens is 1. The smallest absolute Gasteiger partial charge is 0.258 e. The fraction of sp³-hybridized carbons (Fsp3) is 0.303. The summed E-state index contributed by atoms with van der Waals surface area (Å²) in [5, 5.41) is 2.99. The van der Waals surface area contributed by atoms with Crippen molar-refractivity contribution in [2.75, 3.05) is 29.9 Å². The second kappa shape index (κ2) is 12.7. The molecule has 2 amide bonds. The van der Waals surface area contributed by atoms with E-state index in [9.17, 15) is 9.59 Å². The van der Waals surface area contributed by atoms with Gasteiger partial charge in [-0.2, -0.15) is 0 Å². The standard InChI is InChI=1S/C33H36N4O2S/c1-23(40)21-26-16-20-37(31-11-5-4-9-28(31)24(26)2)33(39)25-12-14-27(15-13-25)35-32(38)29-10-8-17-34-30(29)22-36-18-6-3-7-19-36/h4-5,8-15,17,21,40H,3,6-7,16,18-20,22H2,1-2H3,(H,35,38)/b23-21-. The average molecular weight is 553 g/mol. The number of hydrogen-bond donors (Lipinski definition) is 2. The van der Waals surface area contributed by atoms with Crippen molar-refractivity contribution in [3.8, 4) is 0 Å². The number of amides is 2.